The fraction of sp³-hybridized carbons (Fsp3) is 0.310. The van der Waals surface area contributed by atoms with E-state index in [0.717, 1.165) is 0 Å². The van der Waals surface area contributed by atoms with Crippen LogP contribution in [-0.2, 0) is 44.6 Å². The zero-order valence-electron chi connectivity index (χ0n) is 26.8. The summed E-state index contributed by atoms with van der Waals surface area (Å²) < 4.78 is 32.2. The largest absolute Gasteiger partial charge is 0.478 e. The monoisotopic (exact) mass is 708 g/mol. The van der Waals surface area contributed by atoms with E-state index in [1.165, 1.54) is 6.33 Å². The van der Waals surface area contributed by atoms with E-state index >= 15 is 0 Å². The number of para-hydroxylation sites is 1. The lowest BCUT2D eigenvalue weighted by Crippen LogP contribution is -2.37. The lowest BCUT2D eigenvalue weighted by Gasteiger charge is -2.25. The first-order chi connectivity index (χ1) is 22.9. The van der Waals surface area contributed by atoms with Crippen LogP contribution in [-0.4, -0.2) is 94.4 Å². The van der Waals surface area contributed by atoms with Crippen molar-refractivity contribution < 1.29 is 63.0 Å². The van der Waals surface area contributed by atoms with E-state index < -0.39 is 43.4 Å². The summed E-state index contributed by atoms with van der Waals surface area (Å²) in [5.74, 6) is -4.88. The number of carbonyl (C=O) groups is 5. The minimum absolute atomic E-state index is 0.272. The van der Waals surface area contributed by atoms with Gasteiger partial charge in [0.25, 0.3) is 0 Å². The molecule has 0 radical (unpaired) electrons. The van der Waals surface area contributed by atoms with Crippen molar-refractivity contribution in [3.05, 3.63) is 67.3 Å². The van der Waals surface area contributed by atoms with E-state index in [9.17, 15) is 28.5 Å². The highest BCUT2D eigenvalue weighted by atomic mass is 31.2. The molecule has 0 saturated carbocycles. The topological polar surface area (TPSA) is 293 Å². The number of imidazole rings is 1. The molecular formula is C29H37N6O13P. The Morgan fingerprint density at radius 3 is 1.90 bits per heavy atom. The summed E-state index contributed by atoms with van der Waals surface area (Å²) in [7, 11) is -3.64. The summed E-state index contributed by atoms with van der Waals surface area (Å²) in [5, 5.41) is 34.0. The van der Waals surface area contributed by atoms with Crippen LogP contribution in [0.3, 0.4) is 0 Å². The number of hydrogen-bond acceptors (Lipinski definition) is 13. The Labute approximate surface area is 279 Å². The van der Waals surface area contributed by atoms with Gasteiger partial charge in [-0.15, -0.1) is 0 Å². The second-order valence-corrected chi connectivity index (χ2v) is 11.9. The fourth-order valence-corrected chi connectivity index (χ4v) is 5.08. The van der Waals surface area contributed by atoms with Gasteiger partial charge in [-0.25, -0.2) is 39.2 Å². The van der Waals surface area contributed by atoms with Crippen LogP contribution in [0.1, 0.15) is 27.7 Å². The van der Waals surface area contributed by atoms with Gasteiger partial charge in [0.1, 0.15) is 30.0 Å². The maximum Gasteiger partial charge on any atom is 0.342 e. The molecule has 3 atom stereocenters. The van der Waals surface area contributed by atoms with Crippen LogP contribution in [0.4, 0.5) is 5.82 Å². The normalized spacial score (nSPS) is 13.3. The SMILES string of the molecule is CC(C)OC(=O)[C@H](C)N[P@](=O)(CO[C@H](C)Cn1cnc2c(N)ncnc21)Oc1ccccc1.O=C(O)/C=C/C(=O)O.O=C(O)/C=C/C(=O)O. The summed E-state index contributed by atoms with van der Waals surface area (Å²) in [6.45, 7) is 7.25. The summed E-state index contributed by atoms with van der Waals surface area (Å²) in [5.41, 5.74) is 6.91. The second-order valence-electron chi connectivity index (χ2n) is 9.87. The third-order valence-electron chi connectivity index (χ3n) is 5.24. The van der Waals surface area contributed by atoms with Crippen LogP contribution in [0.2, 0.25) is 0 Å². The van der Waals surface area contributed by atoms with Crippen molar-refractivity contribution in [3.8, 4) is 5.75 Å². The summed E-state index contributed by atoms with van der Waals surface area (Å²) in [4.78, 5) is 62.8. The van der Waals surface area contributed by atoms with Gasteiger partial charge in [-0.1, -0.05) is 18.2 Å². The Bertz CT molecular complexity index is 1610. The van der Waals surface area contributed by atoms with E-state index in [0.29, 0.717) is 53.6 Å². The molecule has 1 aromatic carbocycles. The van der Waals surface area contributed by atoms with Gasteiger partial charge >= 0.3 is 37.4 Å². The number of carboxylic acid groups (broad SMARTS) is 4. The number of carboxylic acids is 4. The Hall–Kier alpha value is -5.65. The molecule has 266 valence electrons. The van der Waals surface area contributed by atoms with Gasteiger partial charge in [-0.3, -0.25) is 9.36 Å². The number of nitrogens with two attached hydrogens (primary N) is 1. The Morgan fingerprint density at radius 2 is 1.41 bits per heavy atom. The molecule has 19 nitrogen and oxygen atoms in total. The van der Waals surface area contributed by atoms with Gasteiger partial charge in [0.2, 0.25) is 0 Å². The molecule has 0 aliphatic rings. The molecule has 3 aromatic rings. The molecule has 0 unspecified atom stereocenters. The minimum atomic E-state index is -3.64. The molecule has 2 heterocycles. The van der Waals surface area contributed by atoms with E-state index in [4.69, 9.17) is 40.2 Å². The average Bonchev–Trinajstić information content (AvgIpc) is 3.42. The average molecular weight is 709 g/mol. The maximum absolute atomic E-state index is 13.6. The first-order valence-electron chi connectivity index (χ1n) is 14.0. The van der Waals surface area contributed by atoms with Crippen molar-refractivity contribution in [3.63, 3.8) is 0 Å². The predicted octanol–water partition coefficient (Wildman–Crippen LogP) is 2.40. The number of nitrogens with zero attached hydrogens (tertiary/aromatic N) is 4. The third-order valence-corrected chi connectivity index (χ3v) is 7.02. The number of nitrogen functional groups attached to an aromatic ring is 1. The van der Waals surface area contributed by atoms with E-state index in [2.05, 4.69) is 20.0 Å². The predicted molar refractivity (Wildman–Crippen MR) is 172 cm³/mol. The Morgan fingerprint density at radius 1 is 0.878 bits per heavy atom. The van der Waals surface area contributed by atoms with Gasteiger partial charge in [0, 0.05) is 24.3 Å². The second kappa shape index (κ2) is 20.6. The summed E-state index contributed by atoms with van der Waals surface area (Å²) >= 11 is 0. The quantitative estimate of drug-likeness (QED) is 0.0750. The molecule has 0 fully saturated rings. The fourth-order valence-electron chi connectivity index (χ4n) is 3.30. The molecular weight excluding hydrogens is 671 g/mol. The van der Waals surface area contributed by atoms with Gasteiger partial charge in [-0.05, 0) is 39.8 Å². The molecule has 7 N–H and O–H groups in total. The van der Waals surface area contributed by atoms with E-state index in [1.54, 1.807) is 55.9 Å². The highest BCUT2D eigenvalue weighted by Gasteiger charge is 2.32. The lowest BCUT2D eigenvalue weighted by molar-refractivity contribution is -0.149. The first-order valence-corrected chi connectivity index (χ1v) is 15.9. The van der Waals surface area contributed by atoms with E-state index in [-0.39, 0.29) is 18.6 Å². The molecule has 20 heteroatoms. The molecule has 0 spiro atoms. The molecule has 49 heavy (non-hydrogen) atoms. The van der Waals surface area contributed by atoms with Crippen LogP contribution in [0.15, 0.2) is 67.3 Å². The van der Waals surface area contributed by atoms with Gasteiger partial charge in [0.15, 0.2) is 11.5 Å². The highest BCUT2D eigenvalue weighted by Crippen LogP contribution is 2.44. The number of ether oxygens (including phenoxy) is 2. The summed E-state index contributed by atoms with van der Waals surface area (Å²) in [6, 6.07) is 7.83. The van der Waals surface area contributed by atoms with Crippen LogP contribution >= 0.6 is 7.52 Å². The van der Waals surface area contributed by atoms with Crippen molar-refractivity contribution in [2.45, 2.75) is 52.5 Å². The van der Waals surface area contributed by atoms with Crippen LogP contribution in [0, 0.1) is 0 Å². The van der Waals surface area contributed by atoms with Crippen LogP contribution < -0.4 is 15.3 Å². The molecule has 2 aromatic heterocycles. The maximum atomic E-state index is 13.6. The van der Waals surface area contributed by atoms with Crippen molar-refractivity contribution in [1.82, 2.24) is 24.6 Å². The van der Waals surface area contributed by atoms with Crippen molar-refractivity contribution in [2.75, 3.05) is 12.1 Å². The van der Waals surface area contributed by atoms with Gasteiger partial charge < -0.3 is 44.7 Å². The highest BCUT2D eigenvalue weighted by molar-refractivity contribution is 7.57. The zero-order chi connectivity index (χ0) is 37.1. The number of aliphatic carboxylic acids is 4. The molecule has 3 rings (SSSR count). The third kappa shape index (κ3) is 17.2. The first kappa shape index (κ1) is 41.4. The number of carbonyl (C=O) groups excluding carboxylic acids is 1. The molecule has 0 amide bonds. The molecule has 0 aliphatic carbocycles. The number of nitrogens with one attached hydrogen (secondary N) is 1. The summed E-state index contributed by atoms with van der Waals surface area (Å²) in [6.07, 6.45) is 4.24. The van der Waals surface area contributed by atoms with Crippen LogP contribution in [0.25, 0.3) is 11.2 Å². The zero-order valence-corrected chi connectivity index (χ0v) is 27.7. The van der Waals surface area contributed by atoms with Crippen LogP contribution in [0.5, 0.6) is 5.75 Å². The number of esters is 1. The number of rotatable bonds is 15. The van der Waals surface area contributed by atoms with E-state index in [1.807, 2.05) is 13.0 Å². The number of anilines is 1. The van der Waals surface area contributed by atoms with Crippen molar-refractivity contribution >= 4 is 54.3 Å². The molecule has 0 aliphatic heterocycles. The Kier molecular flexibility index (Phi) is 17.4. The lowest BCUT2D eigenvalue weighted by atomic mass is 10.3. The smallest absolute Gasteiger partial charge is 0.342 e. The molecule has 0 saturated heterocycles. The molecule has 0 bridgehead atoms. The van der Waals surface area contributed by atoms with Crippen molar-refractivity contribution in [1.29, 1.82) is 0 Å². The minimum Gasteiger partial charge on any atom is -0.478 e. The Balaban J connectivity index is 0.000000620. The standard InChI is InChI=1S/C21H29N6O5P.2C4H4O4/c1-14(2)31-21(28)16(4)26-33(29,32-17-8-6-5-7-9-17)13-30-15(3)10-27-12-25-18-19(22)23-11-24-20(18)27;2*5-3(6)1-2-4(7)8/h5-9,11-12,14-16H,10,13H2,1-4H3,(H,26,29)(H2,22,23,24);2*1-2H,(H,5,6)(H,7,8)/b;2*2-1+/t15-,16+,33+;;/m1../s1. The number of aromatic nitrogens is 4. The number of hydrogen-bond donors (Lipinski definition) is 6. The van der Waals surface area contributed by atoms with Gasteiger partial charge in [-0.2, -0.15) is 0 Å². The number of benzene rings is 1. The van der Waals surface area contributed by atoms with Gasteiger partial charge in [0.05, 0.1) is 25.1 Å². The van der Waals surface area contributed by atoms with Crippen molar-refractivity contribution in [2.24, 2.45) is 0 Å². The number of fused-ring (bicyclic) bond motifs is 1.